The molecule has 2 aromatic carbocycles. The number of hydrogen-bond acceptors (Lipinski definition) is 4. The highest BCUT2D eigenvalue weighted by Crippen LogP contribution is 2.24. The first-order valence-corrected chi connectivity index (χ1v) is 10.8. The summed E-state index contributed by atoms with van der Waals surface area (Å²) in [6, 6.07) is 16.1. The van der Waals surface area contributed by atoms with Gasteiger partial charge in [0.25, 0.3) is 5.56 Å². The number of hydrogen-bond donors (Lipinski definition) is 0. The van der Waals surface area contributed by atoms with Crippen molar-refractivity contribution < 1.29 is 4.74 Å². The van der Waals surface area contributed by atoms with Gasteiger partial charge in [0.1, 0.15) is 5.75 Å². The second kappa shape index (κ2) is 9.31. The molecule has 0 bridgehead atoms. The first-order chi connectivity index (χ1) is 13.8. The molecule has 0 aliphatic heterocycles. The maximum absolute atomic E-state index is 12.9. The van der Waals surface area contributed by atoms with Crippen molar-refractivity contribution in [2.24, 2.45) is 5.41 Å². The molecule has 0 spiro atoms. The largest absolute Gasteiger partial charge is 0.493 e. The Kier molecular flexibility index (Phi) is 6.80. The van der Waals surface area contributed by atoms with Crippen LogP contribution < -0.4 is 10.3 Å². The molecule has 152 valence electrons. The third-order valence-corrected chi connectivity index (χ3v) is 5.34. The van der Waals surface area contributed by atoms with Crippen LogP contribution in [0.1, 0.15) is 31.9 Å². The van der Waals surface area contributed by atoms with Gasteiger partial charge >= 0.3 is 0 Å². The molecule has 5 heteroatoms. The summed E-state index contributed by atoms with van der Waals surface area (Å²) >= 11 is 1.50. The molecule has 1 aromatic heterocycles. The van der Waals surface area contributed by atoms with Gasteiger partial charge in [0.2, 0.25) is 0 Å². The topological polar surface area (TPSA) is 44.1 Å². The first kappa shape index (κ1) is 21.2. The normalized spacial score (nSPS) is 11.4. The SMILES string of the molecule is Cc1cc(-n2ccnc(SCCc3ccccc3)c2=O)ccc1OCC(C)(C)C. The van der Waals surface area contributed by atoms with E-state index in [0.717, 1.165) is 29.2 Å². The molecule has 0 atom stereocenters. The lowest BCUT2D eigenvalue weighted by Crippen LogP contribution is -2.21. The third kappa shape index (κ3) is 5.97. The molecule has 0 radical (unpaired) electrons. The van der Waals surface area contributed by atoms with Crippen molar-refractivity contribution >= 4 is 11.8 Å². The molecular formula is C24H28N2O2S. The lowest BCUT2D eigenvalue weighted by Gasteiger charge is -2.20. The molecule has 1 heterocycles. The fraction of sp³-hybridized carbons (Fsp3) is 0.333. The molecule has 0 N–H and O–H groups in total. The number of ether oxygens (including phenoxy) is 1. The van der Waals surface area contributed by atoms with Crippen molar-refractivity contribution in [2.45, 2.75) is 39.1 Å². The maximum Gasteiger partial charge on any atom is 0.287 e. The van der Waals surface area contributed by atoms with Gasteiger partial charge in [-0.3, -0.25) is 9.36 Å². The van der Waals surface area contributed by atoms with Gasteiger partial charge in [-0.1, -0.05) is 51.1 Å². The predicted molar refractivity (Wildman–Crippen MR) is 120 cm³/mol. The fourth-order valence-corrected chi connectivity index (χ4v) is 3.73. The predicted octanol–water partition coefficient (Wildman–Crippen LogP) is 5.30. The molecule has 0 fully saturated rings. The molecule has 0 aliphatic rings. The number of aromatic nitrogens is 2. The van der Waals surface area contributed by atoms with Crippen LogP contribution in [-0.4, -0.2) is 21.9 Å². The first-order valence-electron chi connectivity index (χ1n) is 9.82. The monoisotopic (exact) mass is 408 g/mol. The Balaban J connectivity index is 1.73. The van der Waals surface area contributed by atoms with E-state index in [9.17, 15) is 4.79 Å². The van der Waals surface area contributed by atoms with Gasteiger partial charge in [-0.15, -0.1) is 11.8 Å². The Labute approximate surface area is 177 Å². The minimum Gasteiger partial charge on any atom is -0.493 e. The number of aryl methyl sites for hydroxylation is 2. The van der Waals surface area contributed by atoms with Crippen molar-refractivity contribution in [3.05, 3.63) is 82.4 Å². The van der Waals surface area contributed by atoms with E-state index in [4.69, 9.17) is 4.74 Å². The second-order valence-corrected chi connectivity index (χ2v) is 9.37. The molecule has 4 nitrogen and oxygen atoms in total. The van der Waals surface area contributed by atoms with Crippen LogP contribution in [0.4, 0.5) is 0 Å². The number of benzene rings is 2. The molecule has 0 saturated carbocycles. The Morgan fingerprint density at radius 2 is 1.86 bits per heavy atom. The van der Waals surface area contributed by atoms with E-state index in [1.807, 2.05) is 43.3 Å². The summed E-state index contributed by atoms with van der Waals surface area (Å²) in [6.07, 6.45) is 4.31. The van der Waals surface area contributed by atoms with Gasteiger partial charge in [-0.25, -0.2) is 4.98 Å². The Bertz CT molecular complexity index is 1010. The van der Waals surface area contributed by atoms with Gasteiger partial charge in [0.05, 0.1) is 6.61 Å². The molecular weight excluding hydrogens is 380 g/mol. The molecule has 0 aliphatic carbocycles. The molecule has 3 rings (SSSR count). The van der Waals surface area contributed by atoms with Crippen molar-refractivity contribution in [1.82, 2.24) is 9.55 Å². The molecule has 3 aromatic rings. The van der Waals surface area contributed by atoms with E-state index < -0.39 is 0 Å². The van der Waals surface area contributed by atoms with Crippen molar-refractivity contribution in [3.63, 3.8) is 0 Å². The zero-order chi connectivity index (χ0) is 20.9. The summed E-state index contributed by atoms with van der Waals surface area (Å²) < 4.78 is 7.59. The Hall–Kier alpha value is -2.53. The summed E-state index contributed by atoms with van der Waals surface area (Å²) in [5, 5.41) is 0.522. The van der Waals surface area contributed by atoms with Gasteiger partial charge in [0, 0.05) is 23.8 Å². The van der Waals surface area contributed by atoms with Crippen LogP contribution in [-0.2, 0) is 6.42 Å². The fourth-order valence-electron chi connectivity index (χ4n) is 2.85. The Morgan fingerprint density at radius 3 is 2.55 bits per heavy atom. The minimum absolute atomic E-state index is 0.0895. The standard InChI is InChI=1S/C24H28N2O2S/c1-18-16-20(10-11-21(18)28-17-24(2,3)4)26-14-13-25-22(23(26)27)29-15-12-19-8-6-5-7-9-19/h5-11,13-14,16H,12,15,17H2,1-4H3. The average Bonchev–Trinajstić information content (AvgIpc) is 2.68. The van der Waals surface area contributed by atoms with Crippen LogP contribution in [0.2, 0.25) is 0 Å². The van der Waals surface area contributed by atoms with Crippen molar-refractivity contribution in [3.8, 4) is 11.4 Å². The third-order valence-electron chi connectivity index (χ3n) is 4.38. The van der Waals surface area contributed by atoms with Crippen LogP contribution in [0.15, 0.2) is 70.7 Å². The molecule has 29 heavy (non-hydrogen) atoms. The summed E-state index contributed by atoms with van der Waals surface area (Å²) in [6.45, 7) is 9.08. The zero-order valence-corrected chi connectivity index (χ0v) is 18.3. The van der Waals surface area contributed by atoms with Crippen molar-refractivity contribution in [1.29, 1.82) is 0 Å². The van der Waals surface area contributed by atoms with E-state index >= 15 is 0 Å². The van der Waals surface area contributed by atoms with Crippen LogP contribution in [0.25, 0.3) is 5.69 Å². The van der Waals surface area contributed by atoms with E-state index in [1.165, 1.54) is 17.3 Å². The molecule has 0 saturated heterocycles. The number of thioether (sulfide) groups is 1. The van der Waals surface area contributed by atoms with E-state index in [2.05, 4.69) is 37.9 Å². The molecule has 0 amide bonds. The lowest BCUT2D eigenvalue weighted by atomic mass is 9.98. The number of rotatable bonds is 7. The van der Waals surface area contributed by atoms with Gasteiger partial charge in [-0.2, -0.15) is 0 Å². The summed E-state index contributed by atoms with van der Waals surface area (Å²) in [7, 11) is 0. The van der Waals surface area contributed by atoms with Gasteiger partial charge < -0.3 is 4.74 Å². The molecule has 0 unspecified atom stereocenters. The van der Waals surface area contributed by atoms with Crippen molar-refractivity contribution in [2.75, 3.05) is 12.4 Å². The van der Waals surface area contributed by atoms with Crippen LogP contribution in [0, 0.1) is 12.3 Å². The van der Waals surface area contributed by atoms with Crippen LogP contribution >= 0.6 is 11.8 Å². The lowest BCUT2D eigenvalue weighted by molar-refractivity contribution is 0.197. The maximum atomic E-state index is 12.9. The quantitative estimate of drug-likeness (QED) is 0.498. The average molecular weight is 409 g/mol. The minimum atomic E-state index is -0.0895. The van der Waals surface area contributed by atoms with Crippen LogP contribution in [0.3, 0.4) is 0 Å². The van der Waals surface area contributed by atoms with E-state index in [1.54, 1.807) is 17.0 Å². The van der Waals surface area contributed by atoms with Crippen LogP contribution in [0.5, 0.6) is 5.75 Å². The summed E-state index contributed by atoms with van der Waals surface area (Å²) in [5.41, 5.74) is 3.10. The number of nitrogens with zero attached hydrogens (tertiary/aromatic N) is 2. The van der Waals surface area contributed by atoms with Gasteiger partial charge in [0.15, 0.2) is 5.03 Å². The highest BCUT2D eigenvalue weighted by molar-refractivity contribution is 7.99. The zero-order valence-electron chi connectivity index (χ0n) is 17.5. The van der Waals surface area contributed by atoms with E-state index in [0.29, 0.717) is 11.6 Å². The van der Waals surface area contributed by atoms with E-state index in [-0.39, 0.29) is 11.0 Å². The van der Waals surface area contributed by atoms with Gasteiger partial charge in [-0.05, 0) is 48.1 Å². The highest BCUT2D eigenvalue weighted by Gasteiger charge is 2.13. The Morgan fingerprint density at radius 1 is 1.10 bits per heavy atom. The smallest absolute Gasteiger partial charge is 0.287 e. The summed E-state index contributed by atoms with van der Waals surface area (Å²) in [4.78, 5) is 17.2. The summed E-state index contributed by atoms with van der Waals surface area (Å²) in [5.74, 6) is 1.66. The highest BCUT2D eigenvalue weighted by atomic mass is 32.2. The second-order valence-electron chi connectivity index (χ2n) is 8.29.